The van der Waals surface area contributed by atoms with Crippen molar-refractivity contribution >= 4 is 16.7 Å². The van der Waals surface area contributed by atoms with Crippen LogP contribution in [-0.4, -0.2) is 27.1 Å². The third-order valence-corrected chi connectivity index (χ3v) is 3.35. The average molecular weight is 268 g/mol. The quantitative estimate of drug-likeness (QED) is 0.761. The molecule has 102 valence electrons. The lowest BCUT2D eigenvalue weighted by Gasteiger charge is -2.12. The van der Waals surface area contributed by atoms with Gasteiger partial charge in [0.05, 0.1) is 18.2 Å². The van der Waals surface area contributed by atoms with Crippen LogP contribution in [0.15, 0.2) is 48.5 Å². The van der Waals surface area contributed by atoms with Crippen LogP contribution in [0.3, 0.4) is 0 Å². The number of anilines is 1. The fraction of sp³-hybridized carbons (Fsp3) is 0.200. The van der Waals surface area contributed by atoms with E-state index in [0.717, 1.165) is 22.3 Å². The molecular formula is C15H16N4O. The summed E-state index contributed by atoms with van der Waals surface area (Å²) in [6.07, 6.45) is -0.606. The largest absolute Gasteiger partial charge is 0.388 e. The second-order valence-corrected chi connectivity index (χ2v) is 4.65. The molecule has 2 N–H and O–H groups in total. The first-order chi connectivity index (χ1) is 9.78. The highest BCUT2D eigenvalue weighted by Gasteiger charge is 2.11. The van der Waals surface area contributed by atoms with Crippen molar-refractivity contribution in [3.8, 4) is 0 Å². The van der Waals surface area contributed by atoms with Crippen LogP contribution < -0.4 is 5.32 Å². The van der Waals surface area contributed by atoms with Crippen LogP contribution in [0.5, 0.6) is 0 Å². The van der Waals surface area contributed by atoms with E-state index in [1.807, 2.05) is 55.6 Å². The van der Waals surface area contributed by atoms with Crippen molar-refractivity contribution in [3.05, 3.63) is 54.1 Å². The van der Waals surface area contributed by atoms with Gasteiger partial charge in [0.25, 0.3) is 0 Å². The van der Waals surface area contributed by atoms with Crippen molar-refractivity contribution in [2.24, 2.45) is 0 Å². The highest BCUT2D eigenvalue weighted by molar-refractivity contribution is 5.73. The number of rotatable bonds is 4. The molecule has 0 aliphatic carbocycles. The third-order valence-electron chi connectivity index (χ3n) is 3.35. The van der Waals surface area contributed by atoms with E-state index in [4.69, 9.17) is 0 Å². The van der Waals surface area contributed by atoms with E-state index in [1.165, 1.54) is 0 Å². The minimum absolute atomic E-state index is 0.388. The van der Waals surface area contributed by atoms with Crippen LogP contribution >= 0.6 is 0 Å². The second kappa shape index (κ2) is 5.30. The van der Waals surface area contributed by atoms with Crippen LogP contribution in [0.25, 0.3) is 11.0 Å². The van der Waals surface area contributed by atoms with Crippen molar-refractivity contribution in [2.75, 3.05) is 12.4 Å². The number of nitrogens with one attached hydrogen (secondary N) is 1. The predicted octanol–water partition coefficient (Wildman–Crippen LogP) is 2.21. The summed E-state index contributed by atoms with van der Waals surface area (Å²) in [5.41, 5.74) is 3.65. The first-order valence-electron chi connectivity index (χ1n) is 6.52. The molecule has 3 rings (SSSR count). The van der Waals surface area contributed by atoms with Gasteiger partial charge >= 0.3 is 0 Å². The molecule has 20 heavy (non-hydrogen) atoms. The molecule has 1 aromatic heterocycles. The number of fused-ring (bicyclic) bond motifs is 1. The summed E-state index contributed by atoms with van der Waals surface area (Å²) in [4.78, 5) is 0. The van der Waals surface area contributed by atoms with Gasteiger partial charge in [0.2, 0.25) is 0 Å². The Bertz CT molecular complexity index is 705. The summed E-state index contributed by atoms with van der Waals surface area (Å²) in [7, 11) is 1.87. The van der Waals surface area contributed by atoms with Crippen molar-refractivity contribution in [1.29, 1.82) is 0 Å². The molecule has 0 fully saturated rings. The van der Waals surface area contributed by atoms with Gasteiger partial charge in [-0.05, 0) is 29.8 Å². The number of benzene rings is 2. The van der Waals surface area contributed by atoms with Gasteiger partial charge in [-0.1, -0.05) is 29.5 Å². The number of aliphatic hydroxyl groups is 1. The zero-order valence-corrected chi connectivity index (χ0v) is 11.2. The normalized spacial score (nSPS) is 12.5. The molecule has 1 unspecified atom stereocenters. The Morgan fingerprint density at radius 3 is 2.65 bits per heavy atom. The van der Waals surface area contributed by atoms with E-state index >= 15 is 0 Å². The maximum Gasteiger partial charge on any atom is 0.113 e. The first-order valence-corrected chi connectivity index (χ1v) is 6.52. The van der Waals surface area contributed by atoms with Crippen LogP contribution in [0.1, 0.15) is 11.7 Å². The smallest absolute Gasteiger partial charge is 0.113 e. The fourth-order valence-electron chi connectivity index (χ4n) is 2.19. The minimum atomic E-state index is -0.606. The molecule has 0 aliphatic heterocycles. The van der Waals surface area contributed by atoms with E-state index in [9.17, 15) is 5.11 Å². The Hall–Kier alpha value is -2.40. The van der Waals surface area contributed by atoms with E-state index in [1.54, 1.807) is 4.68 Å². The predicted molar refractivity (Wildman–Crippen MR) is 78.5 cm³/mol. The lowest BCUT2D eigenvalue weighted by atomic mass is 10.1. The van der Waals surface area contributed by atoms with Gasteiger partial charge in [-0.2, -0.15) is 0 Å². The number of aliphatic hydroxyl groups excluding tert-OH is 1. The number of para-hydroxylation sites is 1. The Morgan fingerprint density at radius 1 is 1.15 bits per heavy atom. The molecule has 0 aliphatic rings. The highest BCUT2D eigenvalue weighted by atomic mass is 16.3. The molecule has 5 heteroatoms. The topological polar surface area (TPSA) is 63.0 Å². The third kappa shape index (κ3) is 2.35. The van der Waals surface area contributed by atoms with Crippen LogP contribution in [0.4, 0.5) is 5.69 Å². The van der Waals surface area contributed by atoms with Crippen molar-refractivity contribution in [1.82, 2.24) is 15.0 Å². The molecule has 0 radical (unpaired) electrons. The van der Waals surface area contributed by atoms with Crippen LogP contribution in [-0.2, 0) is 6.54 Å². The number of hydrogen-bond acceptors (Lipinski definition) is 4. The van der Waals surface area contributed by atoms with Gasteiger partial charge in [-0.3, -0.25) is 0 Å². The molecule has 0 bridgehead atoms. The monoisotopic (exact) mass is 268 g/mol. The first kappa shape index (κ1) is 12.6. The number of aromatic nitrogens is 3. The minimum Gasteiger partial charge on any atom is -0.388 e. The lowest BCUT2D eigenvalue weighted by molar-refractivity contribution is 0.152. The van der Waals surface area contributed by atoms with E-state index in [2.05, 4.69) is 15.6 Å². The summed E-state index contributed by atoms with van der Waals surface area (Å²) < 4.78 is 1.73. The molecule has 3 aromatic rings. The lowest BCUT2D eigenvalue weighted by Crippen LogP contribution is -2.10. The standard InChI is InChI=1S/C15H16N4O/c1-16-12-8-6-11(7-9-12)15(20)10-19-14-5-3-2-4-13(14)17-18-19/h2-9,15-16,20H,10H2,1H3. The van der Waals surface area contributed by atoms with E-state index < -0.39 is 6.10 Å². The van der Waals surface area contributed by atoms with Gasteiger partial charge in [0.1, 0.15) is 5.52 Å². The average Bonchev–Trinajstić information content (AvgIpc) is 2.91. The second-order valence-electron chi connectivity index (χ2n) is 4.65. The molecule has 0 saturated carbocycles. The molecular weight excluding hydrogens is 252 g/mol. The summed E-state index contributed by atoms with van der Waals surface area (Å²) in [6.45, 7) is 0.388. The zero-order chi connectivity index (χ0) is 13.9. The van der Waals surface area contributed by atoms with Crippen LogP contribution in [0, 0.1) is 0 Å². The fourth-order valence-corrected chi connectivity index (χ4v) is 2.19. The Kier molecular flexibility index (Phi) is 3.35. The van der Waals surface area contributed by atoms with Gasteiger partial charge in [-0.15, -0.1) is 5.10 Å². The van der Waals surface area contributed by atoms with Crippen molar-refractivity contribution in [3.63, 3.8) is 0 Å². The molecule has 0 saturated heterocycles. The van der Waals surface area contributed by atoms with Gasteiger partial charge in [0.15, 0.2) is 0 Å². The molecule has 0 spiro atoms. The number of hydrogen-bond donors (Lipinski definition) is 2. The Morgan fingerprint density at radius 2 is 1.90 bits per heavy atom. The van der Waals surface area contributed by atoms with Crippen molar-refractivity contribution < 1.29 is 5.11 Å². The summed E-state index contributed by atoms with van der Waals surface area (Å²) in [5.74, 6) is 0. The van der Waals surface area contributed by atoms with Crippen molar-refractivity contribution in [2.45, 2.75) is 12.6 Å². The Labute approximate surface area is 116 Å². The van der Waals surface area contributed by atoms with E-state index in [0.29, 0.717) is 6.54 Å². The van der Waals surface area contributed by atoms with Crippen LogP contribution in [0.2, 0.25) is 0 Å². The molecule has 0 amide bonds. The van der Waals surface area contributed by atoms with E-state index in [-0.39, 0.29) is 0 Å². The molecule has 1 atom stereocenters. The SMILES string of the molecule is CNc1ccc(C(O)Cn2nnc3ccccc32)cc1. The Balaban J connectivity index is 1.82. The van der Waals surface area contributed by atoms with Gasteiger partial charge in [-0.25, -0.2) is 4.68 Å². The summed E-state index contributed by atoms with van der Waals surface area (Å²) in [6, 6.07) is 15.4. The summed E-state index contributed by atoms with van der Waals surface area (Å²) in [5, 5.41) is 21.5. The highest BCUT2D eigenvalue weighted by Crippen LogP contribution is 2.19. The molecule has 1 heterocycles. The maximum atomic E-state index is 10.3. The zero-order valence-electron chi connectivity index (χ0n) is 11.2. The molecule has 2 aromatic carbocycles. The molecule has 5 nitrogen and oxygen atoms in total. The van der Waals surface area contributed by atoms with Gasteiger partial charge in [0, 0.05) is 12.7 Å². The van der Waals surface area contributed by atoms with Gasteiger partial charge < -0.3 is 10.4 Å². The number of nitrogens with zero attached hydrogens (tertiary/aromatic N) is 3. The summed E-state index contributed by atoms with van der Waals surface area (Å²) >= 11 is 0. The maximum absolute atomic E-state index is 10.3.